The van der Waals surface area contributed by atoms with Crippen LogP contribution in [0.15, 0.2) is 35.1 Å². The Bertz CT molecular complexity index is 737. The Morgan fingerprint density at radius 2 is 2.15 bits per heavy atom. The van der Waals surface area contributed by atoms with Gasteiger partial charge < -0.3 is 15.5 Å². The van der Waals surface area contributed by atoms with E-state index in [0.29, 0.717) is 18.1 Å². The molecule has 0 aliphatic rings. The molecule has 102 valence electrons. The molecule has 0 saturated heterocycles. The normalized spacial score (nSPS) is 10.8. The van der Waals surface area contributed by atoms with Crippen LogP contribution >= 0.6 is 0 Å². The summed E-state index contributed by atoms with van der Waals surface area (Å²) in [6.07, 6.45) is 4.09. The number of oxazole rings is 1. The molecule has 0 atom stereocenters. The minimum absolute atomic E-state index is 0.483. The van der Waals surface area contributed by atoms with Crippen molar-refractivity contribution >= 4 is 22.4 Å². The van der Waals surface area contributed by atoms with E-state index in [0.717, 1.165) is 28.9 Å². The molecule has 0 aliphatic carbocycles. The number of nitrogens with one attached hydrogen (secondary N) is 1. The van der Waals surface area contributed by atoms with E-state index in [9.17, 15) is 0 Å². The standard InChI is InChI=1S/C14H15N5O/c1-2-10-6-16-13(20-10)7-17-14-11-4-3-9(15)5-12(11)18-8-19-14/h3-6,8H,2,7,15H2,1H3,(H,17,18,19). The number of hydrogen-bond acceptors (Lipinski definition) is 6. The quantitative estimate of drug-likeness (QED) is 0.707. The van der Waals surface area contributed by atoms with Crippen molar-refractivity contribution in [1.29, 1.82) is 0 Å². The zero-order valence-corrected chi connectivity index (χ0v) is 11.1. The lowest BCUT2D eigenvalue weighted by atomic mass is 10.2. The van der Waals surface area contributed by atoms with Crippen LogP contribution in [0.3, 0.4) is 0 Å². The lowest BCUT2D eigenvalue weighted by Crippen LogP contribution is -2.03. The van der Waals surface area contributed by atoms with Gasteiger partial charge in [0.2, 0.25) is 5.89 Å². The van der Waals surface area contributed by atoms with Gasteiger partial charge in [0.15, 0.2) is 0 Å². The highest BCUT2D eigenvalue weighted by atomic mass is 16.4. The fraction of sp³-hybridized carbons (Fsp3) is 0.214. The number of hydrogen-bond donors (Lipinski definition) is 2. The van der Waals surface area contributed by atoms with Crippen molar-refractivity contribution in [2.75, 3.05) is 11.1 Å². The lowest BCUT2D eigenvalue weighted by molar-refractivity contribution is 0.465. The van der Waals surface area contributed by atoms with Gasteiger partial charge in [0.05, 0.1) is 18.3 Å². The van der Waals surface area contributed by atoms with Crippen LogP contribution in [-0.2, 0) is 13.0 Å². The highest BCUT2D eigenvalue weighted by molar-refractivity contribution is 5.90. The van der Waals surface area contributed by atoms with Crippen molar-refractivity contribution in [3.05, 3.63) is 42.4 Å². The van der Waals surface area contributed by atoms with Crippen LogP contribution in [0.4, 0.5) is 11.5 Å². The highest BCUT2D eigenvalue weighted by Crippen LogP contribution is 2.21. The molecule has 0 fully saturated rings. The number of nitrogens with two attached hydrogens (primary N) is 1. The number of aryl methyl sites for hydroxylation is 1. The third-order valence-electron chi connectivity index (χ3n) is 3.02. The predicted octanol–water partition coefficient (Wildman–Crippen LogP) is 2.37. The maximum absolute atomic E-state index is 5.75. The van der Waals surface area contributed by atoms with Crippen LogP contribution in [0.25, 0.3) is 10.9 Å². The van der Waals surface area contributed by atoms with Crippen LogP contribution in [0.1, 0.15) is 18.6 Å². The second-order valence-corrected chi connectivity index (χ2v) is 4.43. The summed E-state index contributed by atoms with van der Waals surface area (Å²) in [5, 5.41) is 4.13. The van der Waals surface area contributed by atoms with E-state index in [2.05, 4.69) is 20.3 Å². The Balaban J connectivity index is 1.83. The summed E-state index contributed by atoms with van der Waals surface area (Å²) in [5.41, 5.74) is 7.24. The fourth-order valence-corrected chi connectivity index (χ4v) is 1.97. The minimum Gasteiger partial charge on any atom is -0.444 e. The number of nitrogen functional groups attached to an aromatic ring is 1. The molecule has 6 nitrogen and oxygen atoms in total. The smallest absolute Gasteiger partial charge is 0.213 e. The molecule has 20 heavy (non-hydrogen) atoms. The molecule has 0 unspecified atom stereocenters. The van der Waals surface area contributed by atoms with Gasteiger partial charge in [0, 0.05) is 17.5 Å². The Morgan fingerprint density at radius 1 is 1.25 bits per heavy atom. The Kier molecular flexibility index (Phi) is 3.20. The van der Waals surface area contributed by atoms with E-state index in [1.54, 1.807) is 6.20 Å². The molecule has 0 spiro atoms. The Labute approximate surface area is 116 Å². The first kappa shape index (κ1) is 12.4. The monoisotopic (exact) mass is 269 g/mol. The Hall–Kier alpha value is -2.63. The number of nitrogens with zero attached hydrogens (tertiary/aromatic N) is 3. The molecule has 3 rings (SSSR count). The molecular formula is C14H15N5O. The molecule has 0 bridgehead atoms. The molecule has 2 heterocycles. The molecule has 0 amide bonds. The molecule has 0 radical (unpaired) electrons. The summed E-state index contributed by atoms with van der Waals surface area (Å²) in [6, 6.07) is 5.56. The van der Waals surface area contributed by atoms with Crippen molar-refractivity contribution in [1.82, 2.24) is 15.0 Å². The molecule has 0 saturated carbocycles. The number of anilines is 2. The number of fused-ring (bicyclic) bond motifs is 1. The van der Waals surface area contributed by atoms with Gasteiger partial charge in [-0.05, 0) is 18.2 Å². The second-order valence-electron chi connectivity index (χ2n) is 4.43. The van der Waals surface area contributed by atoms with Crippen LogP contribution in [0.5, 0.6) is 0 Å². The average Bonchev–Trinajstić information content (AvgIpc) is 2.92. The maximum atomic E-state index is 5.75. The zero-order chi connectivity index (χ0) is 13.9. The minimum atomic E-state index is 0.483. The summed E-state index contributed by atoms with van der Waals surface area (Å²) in [4.78, 5) is 12.7. The van der Waals surface area contributed by atoms with Crippen molar-refractivity contribution in [2.24, 2.45) is 0 Å². The predicted molar refractivity (Wildman–Crippen MR) is 77.2 cm³/mol. The van der Waals surface area contributed by atoms with Crippen molar-refractivity contribution < 1.29 is 4.42 Å². The van der Waals surface area contributed by atoms with Crippen molar-refractivity contribution in [2.45, 2.75) is 19.9 Å². The first-order valence-electron chi connectivity index (χ1n) is 6.44. The van der Waals surface area contributed by atoms with Gasteiger partial charge >= 0.3 is 0 Å². The van der Waals surface area contributed by atoms with Crippen molar-refractivity contribution in [3.8, 4) is 0 Å². The van der Waals surface area contributed by atoms with Gasteiger partial charge in [0.1, 0.15) is 17.9 Å². The Morgan fingerprint density at radius 3 is 2.95 bits per heavy atom. The summed E-state index contributed by atoms with van der Waals surface area (Å²) in [6.45, 7) is 2.51. The van der Waals surface area contributed by atoms with Gasteiger partial charge in [-0.1, -0.05) is 6.92 Å². The van der Waals surface area contributed by atoms with Crippen LogP contribution in [0.2, 0.25) is 0 Å². The number of benzene rings is 1. The van der Waals surface area contributed by atoms with Crippen LogP contribution in [0, 0.1) is 0 Å². The average molecular weight is 269 g/mol. The molecule has 1 aromatic carbocycles. The summed E-state index contributed by atoms with van der Waals surface area (Å²) in [5.74, 6) is 2.26. The van der Waals surface area contributed by atoms with E-state index < -0.39 is 0 Å². The molecule has 3 aromatic rings. The van der Waals surface area contributed by atoms with Gasteiger partial charge in [-0.2, -0.15) is 0 Å². The summed E-state index contributed by atoms with van der Waals surface area (Å²) in [7, 11) is 0. The molecule has 0 aliphatic heterocycles. The van der Waals surface area contributed by atoms with Crippen LogP contribution < -0.4 is 11.1 Å². The molecule has 6 heteroatoms. The van der Waals surface area contributed by atoms with Gasteiger partial charge in [-0.25, -0.2) is 15.0 Å². The third kappa shape index (κ3) is 2.40. The maximum Gasteiger partial charge on any atom is 0.213 e. The van der Waals surface area contributed by atoms with E-state index in [4.69, 9.17) is 10.2 Å². The SMILES string of the molecule is CCc1cnc(CNc2ncnc3cc(N)ccc23)o1. The number of rotatable bonds is 4. The zero-order valence-electron chi connectivity index (χ0n) is 11.1. The molecule has 3 N–H and O–H groups in total. The lowest BCUT2D eigenvalue weighted by Gasteiger charge is -2.06. The molecule has 2 aromatic heterocycles. The summed E-state index contributed by atoms with van der Waals surface area (Å²) < 4.78 is 5.55. The largest absolute Gasteiger partial charge is 0.444 e. The number of aromatic nitrogens is 3. The second kappa shape index (κ2) is 5.16. The van der Waals surface area contributed by atoms with E-state index in [1.165, 1.54) is 6.33 Å². The summed E-state index contributed by atoms with van der Waals surface area (Å²) >= 11 is 0. The third-order valence-corrected chi connectivity index (χ3v) is 3.02. The van der Waals surface area contributed by atoms with Gasteiger partial charge in [-0.3, -0.25) is 0 Å². The van der Waals surface area contributed by atoms with Crippen LogP contribution in [-0.4, -0.2) is 15.0 Å². The van der Waals surface area contributed by atoms with E-state index in [1.807, 2.05) is 25.1 Å². The first-order valence-corrected chi connectivity index (χ1v) is 6.44. The fourth-order valence-electron chi connectivity index (χ4n) is 1.97. The van der Waals surface area contributed by atoms with Gasteiger partial charge in [-0.15, -0.1) is 0 Å². The van der Waals surface area contributed by atoms with Crippen molar-refractivity contribution in [3.63, 3.8) is 0 Å². The molecular weight excluding hydrogens is 254 g/mol. The van der Waals surface area contributed by atoms with E-state index >= 15 is 0 Å². The van der Waals surface area contributed by atoms with Gasteiger partial charge in [0.25, 0.3) is 0 Å². The van der Waals surface area contributed by atoms with E-state index in [-0.39, 0.29) is 0 Å². The topological polar surface area (TPSA) is 89.9 Å². The highest BCUT2D eigenvalue weighted by Gasteiger charge is 2.06. The first-order chi connectivity index (χ1) is 9.76.